The zero-order valence-electron chi connectivity index (χ0n) is 12.5. The molecule has 5 heteroatoms. The van der Waals surface area contributed by atoms with Crippen molar-refractivity contribution >= 4 is 22.5 Å². The van der Waals surface area contributed by atoms with Crippen molar-refractivity contribution in [2.45, 2.75) is 13.8 Å². The second kappa shape index (κ2) is 6.26. The highest BCUT2D eigenvalue weighted by Crippen LogP contribution is 2.32. The maximum atomic E-state index is 10.8. The van der Waals surface area contributed by atoms with Crippen molar-refractivity contribution in [3.63, 3.8) is 0 Å². The minimum atomic E-state index is -0.443. The summed E-state index contributed by atoms with van der Waals surface area (Å²) in [7, 11) is 3.20. The fraction of sp³-hybridized carbons (Fsp3) is 0.250. The first kappa shape index (κ1) is 14.8. The molecule has 2 aromatic carbocycles. The Bertz CT molecular complexity index is 707. The average molecular weight is 287 g/mol. The summed E-state index contributed by atoms with van der Waals surface area (Å²) in [6.07, 6.45) is 0. The first-order chi connectivity index (χ1) is 10.0. The van der Waals surface area contributed by atoms with Crippen molar-refractivity contribution in [1.29, 1.82) is 0 Å². The van der Waals surface area contributed by atoms with E-state index < -0.39 is 5.97 Å². The Morgan fingerprint density at radius 1 is 0.952 bits per heavy atom. The van der Waals surface area contributed by atoms with Gasteiger partial charge in [-0.1, -0.05) is 17.3 Å². The van der Waals surface area contributed by atoms with Gasteiger partial charge in [-0.15, -0.1) is 0 Å². The molecule has 0 aliphatic rings. The van der Waals surface area contributed by atoms with E-state index in [1.807, 2.05) is 30.3 Å². The molecule has 2 aromatic rings. The van der Waals surface area contributed by atoms with Gasteiger partial charge in [0.05, 0.1) is 19.9 Å². The van der Waals surface area contributed by atoms with Crippen LogP contribution < -0.4 is 9.47 Å². The fourth-order valence-electron chi connectivity index (χ4n) is 1.99. The highest BCUT2D eigenvalue weighted by atomic mass is 16.7. The Morgan fingerprint density at radius 2 is 1.57 bits per heavy atom. The molecule has 110 valence electrons. The van der Waals surface area contributed by atoms with E-state index in [0.29, 0.717) is 17.2 Å². The molecule has 0 heterocycles. The van der Waals surface area contributed by atoms with Crippen molar-refractivity contribution in [2.75, 3.05) is 14.2 Å². The molecule has 0 fully saturated rings. The van der Waals surface area contributed by atoms with E-state index in [1.165, 1.54) is 6.92 Å². The number of ether oxygens (including phenoxy) is 2. The van der Waals surface area contributed by atoms with E-state index in [-0.39, 0.29) is 0 Å². The van der Waals surface area contributed by atoms with Gasteiger partial charge in [0.1, 0.15) is 0 Å². The summed E-state index contributed by atoms with van der Waals surface area (Å²) < 4.78 is 10.6. The number of fused-ring (bicyclic) bond motifs is 1. The molecule has 0 spiro atoms. The van der Waals surface area contributed by atoms with Gasteiger partial charge in [-0.25, -0.2) is 4.79 Å². The molecule has 0 saturated carbocycles. The molecule has 0 unspecified atom stereocenters. The number of benzene rings is 2. The Labute approximate surface area is 123 Å². The lowest BCUT2D eigenvalue weighted by atomic mass is 10.0. The van der Waals surface area contributed by atoms with Crippen LogP contribution in [0.5, 0.6) is 11.5 Å². The van der Waals surface area contributed by atoms with Crippen molar-refractivity contribution in [1.82, 2.24) is 0 Å². The lowest BCUT2D eigenvalue weighted by Crippen LogP contribution is -1.99. The molecule has 0 radical (unpaired) electrons. The van der Waals surface area contributed by atoms with Crippen LogP contribution in [-0.2, 0) is 9.63 Å². The summed E-state index contributed by atoms with van der Waals surface area (Å²) >= 11 is 0. The topological polar surface area (TPSA) is 57.1 Å². The Hall–Kier alpha value is -2.56. The van der Waals surface area contributed by atoms with Gasteiger partial charge < -0.3 is 14.3 Å². The standard InChI is InChI=1S/C16H17NO4/c1-10(17-21-11(2)18)12-5-6-13-8-15(19-3)16(20-4)9-14(13)7-12/h5-9H,1-4H3/b17-10-. The lowest BCUT2D eigenvalue weighted by molar-refractivity contribution is -0.140. The number of carbonyl (C=O) groups is 1. The lowest BCUT2D eigenvalue weighted by Gasteiger charge is -2.10. The molecule has 0 aliphatic heterocycles. The average Bonchev–Trinajstić information content (AvgIpc) is 2.50. The molecule has 0 N–H and O–H groups in total. The van der Waals surface area contributed by atoms with Crippen LogP contribution in [0.3, 0.4) is 0 Å². The molecule has 2 rings (SSSR count). The third-order valence-electron chi connectivity index (χ3n) is 3.07. The van der Waals surface area contributed by atoms with Crippen molar-refractivity contribution in [2.24, 2.45) is 5.16 Å². The number of oxime groups is 1. The van der Waals surface area contributed by atoms with Gasteiger partial charge in [0.2, 0.25) is 0 Å². The molecule has 0 saturated heterocycles. The van der Waals surface area contributed by atoms with Crippen LogP contribution in [0.25, 0.3) is 10.8 Å². The highest BCUT2D eigenvalue weighted by Gasteiger charge is 2.07. The quantitative estimate of drug-likeness (QED) is 0.492. The van der Waals surface area contributed by atoms with Gasteiger partial charge in [-0.2, -0.15) is 0 Å². The predicted molar refractivity (Wildman–Crippen MR) is 81.0 cm³/mol. The van der Waals surface area contributed by atoms with E-state index in [2.05, 4.69) is 9.99 Å². The third kappa shape index (κ3) is 3.31. The van der Waals surface area contributed by atoms with Crippen LogP contribution in [0.4, 0.5) is 0 Å². The largest absolute Gasteiger partial charge is 0.493 e. The summed E-state index contributed by atoms with van der Waals surface area (Å²) in [5, 5.41) is 5.80. The van der Waals surface area contributed by atoms with E-state index >= 15 is 0 Å². The minimum Gasteiger partial charge on any atom is -0.493 e. The molecule has 0 atom stereocenters. The van der Waals surface area contributed by atoms with Gasteiger partial charge in [-0.3, -0.25) is 0 Å². The summed E-state index contributed by atoms with van der Waals surface area (Å²) in [6.45, 7) is 3.10. The number of carbonyl (C=O) groups excluding carboxylic acids is 1. The van der Waals surface area contributed by atoms with E-state index in [9.17, 15) is 4.79 Å². The fourth-order valence-corrected chi connectivity index (χ4v) is 1.99. The van der Waals surface area contributed by atoms with Crippen molar-refractivity contribution < 1.29 is 19.1 Å². The first-order valence-electron chi connectivity index (χ1n) is 6.43. The molecule has 0 bridgehead atoms. The Morgan fingerprint density at radius 3 is 2.14 bits per heavy atom. The van der Waals surface area contributed by atoms with Gasteiger partial charge in [0, 0.05) is 6.92 Å². The number of rotatable bonds is 4. The summed E-state index contributed by atoms with van der Waals surface area (Å²) in [5.74, 6) is 0.904. The maximum absolute atomic E-state index is 10.8. The second-order valence-corrected chi connectivity index (χ2v) is 4.53. The van der Waals surface area contributed by atoms with Crippen LogP contribution in [0.2, 0.25) is 0 Å². The van der Waals surface area contributed by atoms with Gasteiger partial charge in [0.25, 0.3) is 0 Å². The summed E-state index contributed by atoms with van der Waals surface area (Å²) in [5.41, 5.74) is 1.50. The normalized spacial score (nSPS) is 11.3. The minimum absolute atomic E-state index is 0.443. The molecular weight excluding hydrogens is 270 g/mol. The molecule has 0 amide bonds. The van der Waals surface area contributed by atoms with Crippen LogP contribution >= 0.6 is 0 Å². The molecular formula is C16H17NO4. The number of nitrogens with zero attached hydrogens (tertiary/aromatic N) is 1. The number of methoxy groups -OCH3 is 2. The van der Waals surface area contributed by atoms with Crippen LogP contribution in [0, 0.1) is 0 Å². The molecule has 5 nitrogen and oxygen atoms in total. The molecule has 0 aromatic heterocycles. The summed E-state index contributed by atoms with van der Waals surface area (Å²) in [6, 6.07) is 9.64. The van der Waals surface area contributed by atoms with Crippen LogP contribution in [0.15, 0.2) is 35.5 Å². The van der Waals surface area contributed by atoms with E-state index in [4.69, 9.17) is 9.47 Å². The monoisotopic (exact) mass is 287 g/mol. The zero-order chi connectivity index (χ0) is 15.4. The zero-order valence-corrected chi connectivity index (χ0v) is 12.5. The first-order valence-corrected chi connectivity index (χ1v) is 6.43. The van der Waals surface area contributed by atoms with Crippen molar-refractivity contribution in [3.05, 3.63) is 35.9 Å². The second-order valence-electron chi connectivity index (χ2n) is 4.53. The summed E-state index contributed by atoms with van der Waals surface area (Å²) in [4.78, 5) is 15.4. The van der Waals surface area contributed by atoms with Gasteiger partial charge in [-0.05, 0) is 41.5 Å². The Balaban J connectivity index is 2.46. The highest BCUT2D eigenvalue weighted by molar-refractivity contribution is 6.02. The SMILES string of the molecule is COc1cc2ccc(/C(C)=N\OC(C)=O)cc2cc1OC. The van der Waals surface area contributed by atoms with Gasteiger partial charge in [0.15, 0.2) is 11.5 Å². The molecule has 0 aliphatic carbocycles. The van der Waals surface area contributed by atoms with Crippen LogP contribution in [0.1, 0.15) is 19.4 Å². The van der Waals surface area contributed by atoms with Crippen molar-refractivity contribution in [3.8, 4) is 11.5 Å². The van der Waals surface area contributed by atoms with Gasteiger partial charge >= 0.3 is 5.97 Å². The van der Waals surface area contributed by atoms with E-state index in [1.54, 1.807) is 21.1 Å². The Kier molecular flexibility index (Phi) is 4.42. The number of hydrogen-bond acceptors (Lipinski definition) is 5. The predicted octanol–water partition coefficient (Wildman–Crippen LogP) is 3.14. The molecule has 21 heavy (non-hydrogen) atoms. The third-order valence-corrected chi connectivity index (χ3v) is 3.07. The smallest absolute Gasteiger partial charge is 0.331 e. The van der Waals surface area contributed by atoms with E-state index in [0.717, 1.165) is 16.3 Å². The number of hydrogen-bond donors (Lipinski definition) is 0. The van der Waals surface area contributed by atoms with Crippen LogP contribution in [-0.4, -0.2) is 25.9 Å². The maximum Gasteiger partial charge on any atom is 0.331 e.